The maximum absolute atomic E-state index is 12.0. The molecule has 0 radical (unpaired) electrons. The first-order valence-electron chi connectivity index (χ1n) is 5.50. The van der Waals surface area contributed by atoms with Gasteiger partial charge in [-0.25, -0.2) is 4.98 Å². The van der Waals surface area contributed by atoms with Crippen molar-refractivity contribution in [3.05, 3.63) is 45.1 Å². The molecule has 2 aromatic heterocycles. The van der Waals surface area contributed by atoms with Crippen LogP contribution in [-0.2, 0) is 6.54 Å². The van der Waals surface area contributed by atoms with E-state index >= 15 is 0 Å². The Balaban J connectivity index is 2.16. The smallest absolute Gasteiger partial charge is 0.293 e. The van der Waals surface area contributed by atoms with Crippen LogP contribution in [0.2, 0.25) is 0 Å². The molecule has 0 fully saturated rings. The van der Waals surface area contributed by atoms with Crippen molar-refractivity contribution in [2.45, 2.75) is 26.4 Å². The first-order chi connectivity index (χ1) is 8.18. The van der Waals surface area contributed by atoms with Crippen molar-refractivity contribution in [1.29, 1.82) is 0 Å². The largest absolute Gasteiger partial charge is 0.361 e. The highest BCUT2D eigenvalue weighted by Crippen LogP contribution is 2.08. The molecule has 0 aliphatic carbocycles. The Morgan fingerprint density at radius 2 is 2.35 bits per heavy atom. The molecule has 0 bridgehead atoms. The van der Waals surface area contributed by atoms with Crippen LogP contribution in [0.5, 0.6) is 0 Å². The van der Waals surface area contributed by atoms with Gasteiger partial charge in [-0.05, 0) is 36.2 Å². The number of hydrogen-bond acceptors (Lipinski definition) is 4. The number of hydrogen-bond donors (Lipinski definition) is 1. The summed E-state index contributed by atoms with van der Waals surface area (Å²) >= 11 is 1.64. The van der Waals surface area contributed by atoms with Gasteiger partial charge in [0, 0.05) is 25.0 Å². The van der Waals surface area contributed by atoms with Gasteiger partial charge in [-0.2, -0.15) is 11.3 Å². The summed E-state index contributed by atoms with van der Waals surface area (Å²) in [6, 6.07) is 2.17. The van der Waals surface area contributed by atoms with Crippen LogP contribution >= 0.6 is 11.3 Å². The summed E-state index contributed by atoms with van der Waals surface area (Å²) in [6.07, 6.45) is 3.36. The van der Waals surface area contributed by atoms with Crippen LogP contribution in [0.15, 0.2) is 34.0 Å². The Morgan fingerprint density at radius 1 is 1.53 bits per heavy atom. The van der Waals surface area contributed by atoms with Gasteiger partial charge >= 0.3 is 0 Å². The van der Waals surface area contributed by atoms with E-state index in [1.807, 2.05) is 25.3 Å². The van der Waals surface area contributed by atoms with Crippen molar-refractivity contribution in [1.82, 2.24) is 9.55 Å². The Bertz CT molecular complexity index is 531. The molecule has 2 rings (SSSR count). The van der Waals surface area contributed by atoms with Crippen LogP contribution in [0.3, 0.4) is 0 Å². The molecule has 0 saturated carbocycles. The zero-order valence-corrected chi connectivity index (χ0v) is 10.7. The molecular formula is C12H15N3OS. The van der Waals surface area contributed by atoms with Crippen LogP contribution in [0.4, 0.5) is 5.82 Å². The molecule has 17 heavy (non-hydrogen) atoms. The number of nitrogens with zero attached hydrogens (tertiary/aromatic N) is 2. The minimum atomic E-state index is -0.0715. The number of anilines is 1. The van der Waals surface area contributed by atoms with Crippen LogP contribution in [-0.4, -0.2) is 9.55 Å². The third-order valence-electron chi connectivity index (χ3n) is 2.46. The van der Waals surface area contributed by atoms with E-state index in [1.165, 1.54) is 0 Å². The highest BCUT2D eigenvalue weighted by molar-refractivity contribution is 7.07. The highest BCUT2D eigenvalue weighted by Gasteiger charge is 2.06. The number of thiophene rings is 1. The van der Waals surface area contributed by atoms with Crippen LogP contribution in [0, 0.1) is 0 Å². The topological polar surface area (TPSA) is 46.9 Å². The second-order valence-electron chi connectivity index (χ2n) is 4.07. The van der Waals surface area contributed by atoms with E-state index < -0.39 is 0 Å². The molecule has 0 aliphatic heterocycles. The molecule has 0 saturated heterocycles. The maximum Gasteiger partial charge on any atom is 0.293 e. The van der Waals surface area contributed by atoms with Crippen LogP contribution in [0.25, 0.3) is 0 Å². The molecule has 5 heteroatoms. The quantitative estimate of drug-likeness (QED) is 0.905. The fourth-order valence-electron chi connectivity index (χ4n) is 1.53. The summed E-state index contributed by atoms with van der Waals surface area (Å²) in [6.45, 7) is 4.59. The molecule has 0 aromatic carbocycles. The number of nitrogens with one attached hydrogen (secondary N) is 1. The highest BCUT2D eigenvalue weighted by atomic mass is 32.1. The van der Waals surface area contributed by atoms with Gasteiger partial charge in [-0.15, -0.1) is 0 Å². The molecule has 2 aromatic rings. The van der Waals surface area contributed by atoms with E-state index in [1.54, 1.807) is 28.3 Å². The predicted molar refractivity (Wildman–Crippen MR) is 70.5 cm³/mol. The number of aromatic nitrogens is 2. The van der Waals surface area contributed by atoms with Gasteiger partial charge in [0.2, 0.25) is 0 Å². The van der Waals surface area contributed by atoms with E-state index in [4.69, 9.17) is 0 Å². The van der Waals surface area contributed by atoms with Crippen molar-refractivity contribution in [2.75, 3.05) is 5.32 Å². The molecule has 0 amide bonds. The third-order valence-corrected chi connectivity index (χ3v) is 3.20. The average molecular weight is 249 g/mol. The summed E-state index contributed by atoms with van der Waals surface area (Å²) < 4.78 is 1.67. The Morgan fingerprint density at radius 3 is 3.00 bits per heavy atom. The van der Waals surface area contributed by atoms with Gasteiger partial charge in [0.25, 0.3) is 5.56 Å². The second kappa shape index (κ2) is 5.14. The molecular weight excluding hydrogens is 234 g/mol. The van der Waals surface area contributed by atoms with E-state index in [-0.39, 0.29) is 11.6 Å². The van der Waals surface area contributed by atoms with E-state index in [0.29, 0.717) is 12.4 Å². The lowest BCUT2D eigenvalue weighted by Crippen LogP contribution is -2.25. The molecule has 0 aliphatic rings. The lowest BCUT2D eigenvalue weighted by molar-refractivity contribution is 0.575. The lowest BCUT2D eigenvalue weighted by Gasteiger charge is -2.11. The third kappa shape index (κ3) is 2.74. The number of rotatable bonds is 4. The molecule has 4 nitrogen and oxygen atoms in total. The van der Waals surface area contributed by atoms with Gasteiger partial charge in [-0.1, -0.05) is 0 Å². The SMILES string of the molecule is CC(C)n1ccnc(NCc2ccsc2)c1=O. The van der Waals surface area contributed by atoms with Gasteiger partial charge < -0.3 is 9.88 Å². The summed E-state index contributed by atoms with van der Waals surface area (Å²) in [7, 11) is 0. The lowest BCUT2D eigenvalue weighted by atomic mass is 10.3. The minimum absolute atomic E-state index is 0.0715. The van der Waals surface area contributed by atoms with Crippen molar-refractivity contribution in [3.8, 4) is 0 Å². The molecule has 2 heterocycles. The maximum atomic E-state index is 12.0. The second-order valence-corrected chi connectivity index (χ2v) is 4.85. The van der Waals surface area contributed by atoms with Gasteiger partial charge in [0.1, 0.15) is 0 Å². The molecule has 0 unspecified atom stereocenters. The molecule has 1 N–H and O–H groups in total. The van der Waals surface area contributed by atoms with Crippen molar-refractivity contribution < 1.29 is 0 Å². The Kier molecular flexibility index (Phi) is 3.58. The van der Waals surface area contributed by atoms with Crippen molar-refractivity contribution >= 4 is 17.2 Å². The fraction of sp³-hybridized carbons (Fsp3) is 0.333. The fourth-order valence-corrected chi connectivity index (χ4v) is 2.20. The van der Waals surface area contributed by atoms with Gasteiger partial charge in [0.15, 0.2) is 5.82 Å². The summed E-state index contributed by atoms with van der Waals surface area (Å²) in [5, 5.41) is 7.14. The van der Waals surface area contributed by atoms with Crippen LogP contribution in [0.1, 0.15) is 25.5 Å². The summed E-state index contributed by atoms with van der Waals surface area (Å²) in [4.78, 5) is 16.1. The normalized spacial score (nSPS) is 10.8. The predicted octanol–water partition coefficient (Wildman–Crippen LogP) is 2.50. The monoisotopic (exact) mass is 249 g/mol. The molecule has 0 spiro atoms. The van der Waals surface area contributed by atoms with E-state index in [2.05, 4.69) is 15.7 Å². The zero-order valence-electron chi connectivity index (χ0n) is 9.88. The minimum Gasteiger partial charge on any atom is -0.361 e. The molecule has 90 valence electrons. The van der Waals surface area contributed by atoms with Gasteiger partial charge in [-0.3, -0.25) is 4.79 Å². The van der Waals surface area contributed by atoms with Crippen molar-refractivity contribution in [2.24, 2.45) is 0 Å². The van der Waals surface area contributed by atoms with Gasteiger partial charge in [0.05, 0.1) is 0 Å². The average Bonchev–Trinajstić information content (AvgIpc) is 2.80. The van der Waals surface area contributed by atoms with Crippen molar-refractivity contribution in [3.63, 3.8) is 0 Å². The Labute approximate surface area is 104 Å². The standard InChI is InChI=1S/C12H15N3OS/c1-9(2)15-5-4-13-11(12(15)16)14-7-10-3-6-17-8-10/h3-6,8-9H,7H2,1-2H3,(H,13,14). The van der Waals surface area contributed by atoms with E-state index in [9.17, 15) is 4.79 Å². The first-order valence-corrected chi connectivity index (χ1v) is 6.45. The zero-order chi connectivity index (χ0) is 12.3. The summed E-state index contributed by atoms with van der Waals surface area (Å²) in [5.74, 6) is 0.410. The first kappa shape index (κ1) is 11.9. The summed E-state index contributed by atoms with van der Waals surface area (Å²) in [5.41, 5.74) is 1.09. The van der Waals surface area contributed by atoms with Crippen LogP contribution < -0.4 is 10.9 Å². The molecule has 0 atom stereocenters. The Hall–Kier alpha value is -1.62. The van der Waals surface area contributed by atoms with E-state index in [0.717, 1.165) is 5.56 Å².